The van der Waals surface area contributed by atoms with Crippen molar-refractivity contribution >= 4 is 31.5 Å². The molecule has 1 N–H and O–H groups in total. The number of alkyl halides is 1. The molecule has 0 aliphatic carbocycles. The molecule has 0 heterocycles. The number of rotatable bonds is 3. The van der Waals surface area contributed by atoms with Crippen LogP contribution in [0.5, 0.6) is 0 Å². The van der Waals surface area contributed by atoms with Crippen molar-refractivity contribution in [1.29, 1.82) is 0 Å². The quantitative estimate of drug-likeness (QED) is 0.310. The monoisotopic (exact) mass is 189 g/mol. The molecule has 0 aromatic heterocycles. The lowest BCUT2D eigenvalue weighted by molar-refractivity contribution is 0.598. The summed E-state index contributed by atoms with van der Waals surface area (Å²) in [6.07, 6.45) is 1.21. The SMILES string of the molecule is C=CC(Cl)NS(=O)(=O)Cl. The van der Waals surface area contributed by atoms with Crippen molar-refractivity contribution in [2.75, 3.05) is 0 Å². The van der Waals surface area contributed by atoms with Gasteiger partial charge in [-0.2, -0.15) is 13.1 Å². The van der Waals surface area contributed by atoms with Gasteiger partial charge in [-0.3, -0.25) is 0 Å². The van der Waals surface area contributed by atoms with E-state index in [-0.39, 0.29) is 0 Å². The zero-order valence-corrected chi connectivity index (χ0v) is 6.67. The van der Waals surface area contributed by atoms with E-state index in [4.69, 9.17) is 22.3 Å². The van der Waals surface area contributed by atoms with Gasteiger partial charge in [0.25, 0.3) is 9.24 Å². The lowest BCUT2D eigenvalue weighted by Gasteiger charge is -1.99. The molecule has 0 bridgehead atoms. The second-order valence-electron chi connectivity index (χ2n) is 1.19. The lowest BCUT2D eigenvalue weighted by Crippen LogP contribution is -2.24. The maximum atomic E-state index is 10.1. The van der Waals surface area contributed by atoms with Crippen LogP contribution in [0.15, 0.2) is 12.7 Å². The minimum Gasteiger partial charge on any atom is -0.195 e. The minimum atomic E-state index is -3.72. The molecule has 1 unspecified atom stereocenters. The Hall–Kier alpha value is 0.230. The van der Waals surface area contributed by atoms with E-state index in [1.165, 1.54) is 6.08 Å². The van der Waals surface area contributed by atoms with Crippen LogP contribution < -0.4 is 4.72 Å². The summed E-state index contributed by atoms with van der Waals surface area (Å²) < 4.78 is 22.1. The van der Waals surface area contributed by atoms with Gasteiger partial charge in [0.15, 0.2) is 0 Å². The summed E-state index contributed by atoms with van der Waals surface area (Å²) in [5.41, 5.74) is -0.840. The van der Waals surface area contributed by atoms with E-state index in [9.17, 15) is 8.42 Å². The Morgan fingerprint density at radius 3 is 2.22 bits per heavy atom. The summed E-state index contributed by atoms with van der Waals surface area (Å²) in [5, 5.41) is 0. The number of halogens is 2. The smallest absolute Gasteiger partial charge is 0.195 e. The first kappa shape index (κ1) is 9.23. The summed E-state index contributed by atoms with van der Waals surface area (Å²) in [6.45, 7) is 3.23. The van der Waals surface area contributed by atoms with Crippen molar-refractivity contribution in [3.05, 3.63) is 12.7 Å². The largest absolute Gasteiger partial charge is 0.298 e. The first-order valence-electron chi connectivity index (χ1n) is 1.94. The van der Waals surface area contributed by atoms with E-state index in [2.05, 4.69) is 6.58 Å². The van der Waals surface area contributed by atoms with Crippen molar-refractivity contribution in [3.63, 3.8) is 0 Å². The first-order chi connectivity index (χ1) is 3.95. The molecule has 0 rings (SSSR count). The van der Waals surface area contributed by atoms with Crippen LogP contribution in [0.3, 0.4) is 0 Å². The van der Waals surface area contributed by atoms with Gasteiger partial charge in [-0.15, -0.1) is 18.2 Å². The third-order valence-corrected chi connectivity index (χ3v) is 1.68. The van der Waals surface area contributed by atoms with Gasteiger partial charge in [-0.1, -0.05) is 6.08 Å². The van der Waals surface area contributed by atoms with Gasteiger partial charge in [0.1, 0.15) is 5.50 Å². The Morgan fingerprint density at radius 2 is 2.11 bits per heavy atom. The van der Waals surface area contributed by atoms with E-state index >= 15 is 0 Å². The van der Waals surface area contributed by atoms with Crippen molar-refractivity contribution in [2.45, 2.75) is 5.50 Å². The van der Waals surface area contributed by atoms with E-state index in [1.54, 1.807) is 0 Å². The van der Waals surface area contributed by atoms with Crippen LogP contribution in [-0.4, -0.2) is 13.9 Å². The second kappa shape index (κ2) is 3.41. The predicted octanol–water partition coefficient (Wildman–Crippen LogP) is 0.810. The summed E-state index contributed by atoms with van der Waals surface area (Å²) in [4.78, 5) is 0. The summed E-state index contributed by atoms with van der Waals surface area (Å²) >= 11 is 5.26. The van der Waals surface area contributed by atoms with Gasteiger partial charge in [0, 0.05) is 10.7 Å². The molecule has 0 aliphatic heterocycles. The number of hydrogen-bond acceptors (Lipinski definition) is 2. The summed E-state index contributed by atoms with van der Waals surface area (Å²) in [6, 6.07) is 0. The molecule has 0 fully saturated rings. The van der Waals surface area contributed by atoms with Gasteiger partial charge < -0.3 is 0 Å². The molecule has 0 saturated heterocycles. The molecule has 0 aliphatic rings. The fourth-order valence-electron chi connectivity index (χ4n) is 0.183. The van der Waals surface area contributed by atoms with Gasteiger partial charge in [-0.05, 0) is 0 Å². The third kappa shape index (κ3) is 6.11. The standard InChI is InChI=1S/C3H5Cl2NO2S/c1-2-3(4)6-9(5,7)8/h2-3,6H,1H2. The van der Waals surface area contributed by atoms with Gasteiger partial charge in [0.05, 0.1) is 0 Å². The van der Waals surface area contributed by atoms with Crippen molar-refractivity contribution in [2.24, 2.45) is 0 Å². The zero-order chi connectivity index (χ0) is 7.49. The number of nitrogens with one attached hydrogen (secondary N) is 1. The molecule has 0 amide bonds. The van der Waals surface area contributed by atoms with E-state index < -0.39 is 14.7 Å². The fraction of sp³-hybridized carbons (Fsp3) is 0.333. The Bertz CT molecular complexity index is 188. The predicted molar refractivity (Wildman–Crippen MR) is 37.7 cm³/mol. The van der Waals surface area contributed by atoms with Crippen LogP contribution in [0.2, 0.25) is 0 Å². The Morgan fingerprint density at radius 1 is 1.67 bits per heavy atom. The molecule has 54 valence electrons. The van der Waals surface area contributed by atoms with Crippen molar-refractivity contribution in [1.82, 2.24) is 4.72 Å². The number of hydrogen-bond donors (Lipinski definition) is 1. The average Bonchev–Trinajstić information content (AvgIpc) is 1.62. The Kier molecular flexibility index (Phi) is 3.50. The van der Waals surface area contributed by atoms with Crippen molar-refractivity contribution < 1.29 is 8.42 Å². The molecule has 0 aromatic rings. The van der Waals surface area contributed by atoms with Crippen LogP contribution in [0.1, 0.15) is 0 Å². The zero-order valence-electron chi connectivity index (χ0n) is 4.34. The molecular weight excluding hydrogens is 185 g/mol. The molecule has 0 spiro atoms. The van der Waals surface area contributed by atoms with Gasteiger partial charge in [-0.25, -0.2) is 0 Å². The molecule has 0 saturated carbocycles. The molecule has 0 radical (unpaired) electrons. The highest BCUT2D eigenvalue weighted by atomic mass is 35.7. The van der Waals surface area contributed by atoms with Gasteiger partial charge in [0.2, 0.25) is 0 Å². The first-order valence-corrected chi connectivity index (χ1v) is 4.69. The molecule has 9 heavy (non-hydrogen) atoms. The minimum absolute atomic E-state index is 0.840. The van der Waals surface area contributed by atoms with Crippen molar-refractivity contribution in [3.8, 4) is 0 Å². The van der Waals surface area contributed by atoms with Crippen LogP contribution in [-0.2, 0) is 9.24 Å². The van der Waals surface area contributed by atoms with E-state index in [1.807, 2.05) is 4.72 Å². The molecule has 0 aromatic carbocycles. The maximum Gasteiger partial charge on any atom is 0.298 e. The Labute approximate surface area is 63.2 Å². The summed E-state index contributed by atoms with van der Waals surface area (Å²) in [5.74, 6) is 0. The fourth-order valence-corrected chi connectivity index (χ4v) is 1.32. The molecule has 1 atom stereocenters. The molecule has 3 nitrogen and oxygen atoms in total. The maximum absolute atomic E-state index is 10.1. The van der Waals surface area contributed by atoms with Crippen LogP contribution >= 0.6 is 22.3 Å². The Balaban J connectivity index is 3.89. The average molecular weight is 190 g/mol. The summed E-state index contributed by atoms with van der Waals surface area (Å²) in [7, 11) is 1.02. The van der Waals surface area contributed by atoms with Crippen LogP contribution in [0, 0.1) is 0 Å². The van der Waals surface area contributed by atoms with E-state index in [0.29, 0.717) is 0 Å². The second-order valence-corrected chi connectivity index (χ2v) is 3.99. The molecular formula is C3H5Cl2NO2S. The van der Waals surface area contributed by atoms with Gasteiger partial charge >= 0.3 is 0 Å². The highest BCUT2D eigenvalue weighted by molar-refractivity contribution is 8.12. The molecule has 6 heteroatoms. The lowest BCUT2D eigenvalue weighted by atomic mass is 10.7. The van der Waals surface area contributed by atoms with Crippen LogP contribution in [0.25, 0.3) is 0 Å². The van der Waals surface area contributed by atoms with Crippen LogP contribution in [0.4, 0.5) is 0 Å². The topological polar surface area (TPSA) is 46.2 Å². The van der Waals surface area contributed by atoms with E-state index in [0.717, 1.165) is 0 Å². The third-order valence-electron chi connectivity index (χ3n) is 0.460. The normalized spacial score (nSPS) is 14.9. The highest BCUT2D eigenvalue weighted by Crippen LogP contribution is 1.97. The highest BCUT2D eigenvalue weighted by Gasteiger charge is 2.07.